The summed E-state index contributed by atoms with van der Waals surface area (Å²) in [5, 5.41) is 19.4. The van der Waals surface area contributed by atoms with Crippen LogP contribution in [0.4, 0.5) is 4.39 Å². The average Bonchev–Trinajstić information content (AvgIpc) is 3.69. The maximum Gasteiger partial charge on any atom is 0.150 e. The number of carbonyl (C=O) groups is 1. The molecule has 0 aromatic heterocycles. The fourth-order valence-electron chi connectivity index (χ4n) is 5.80. The molecule has 0 atom stereocenters. The van der Waals surface area contributed by atoms with Crippen LogP contribution >= 0.6 is 150 Å². The predicted molar refractivity (Wildman–Crippen MR) is 409 cm³/mol. The van der Waals surface area contributed by atoms with Crippen LogP contribution in [0.2, 0.25) is 0 Å². The van der Waals surface area contributed by atoms with Crippen LogP contribution in [0.3, 0.4) is 0 Å². The Morgan fingerprint density at radius 1 is 0.494 bits per heavy atom. The van der Waals surface area contributed by atoms with Gasteiger partial charge in [-0.25, -0.2) is 4.39 Å². The number of carbonyl (C=O) groups excluding carboxylic acids is 1. The van der Waals surface area contributed by atoms with Crippen molar-refractivity contribution >= 4 is 156 Å². The largest absolute Gasteiger partial charge is 0.487 e. The SMILES string of the molecule is C.C.C.CC(C)(C)C(C)(C)Oc1cc(Br)ccc1Br.CC(C)(O)C(C)(C)Oc1cc(Br)ccc1Br.CC1(C)Oc2cc(C=O)ccc2C1(C)C.COC(C)(C)C(C)(C)O.COC(C)(C)C(C)(C)Oc1cc(Br)ccc1Br.C[CH-]I.Fc1cc(Br)ccc1Br.[V]. The van der Waals surface area contributed by atoms with Crippen molar-refractivity contribution in [2.45, 2.75) is 225 Å². The Kier molecular flexibility index (Phi) is 44.5. The van der Waals surface area contributed by atoms with Gasteiger partial charge in [-0.2, -0.15) is 6.92 Å². The van der Waals surface area contributed by atoms with Gasteiger partial charge in [0, 0.05) is 72.6 Å². The van der Waals surface area contributed by atoms with E-state index in [1.54, 1.807) is 54.0 Å². The third kappa shape index (κ3) is 31.3. The molecule has 5 aromatic rings. The monoisotopic (exact) mass is 1900 g/mol. The Hall–Kier alpha value is -0.106. The molecule has 89 heavy (non-hydrogen) atoms. The summed E-state index contributed by atoms with van der Waals surface area (Å²) in [5.74, 6) is 2.98. The second kappa shape index (κ2) is 40.6. The first-order valence-electron chi connectivity index (χ1n) is 27.0. The van der Waals surface area contributed by atoms with Crippen molar-refractivity contribution in [3.05, 3.63) is 148 Å². The Morgan fingerprint density at radius 2 is 0.809 bits per heavy atom. The zero-order chi connectivity index (χ0) is 66.9. The number of fused-ring (bicyclic) bond motifs is 1. The minimum Gasteiger partial charge on any atom is -0.487 e. The van der Waals surface area contributed by atoms with Crippen molar-refractivity contribution in [1.29, 1.82) is 0 Å². The van der Waals surface area contributed by atoms with Crippen LogP contribution in [0.25, 0.3) is 0 Å². The summed E-state index contributed by atoms with van der Waals surface area (Å²) in [7, 11) is 3.29. The van der Waals surface area contributed by atoms with Gasteiger partial charge in [-0.3, -0.25) is 9.22 Å². The van der Waals surface area contributed by atoms with E-state index in [0.717, 1.165) is 54.8 Å². The summed E-state index contributed by atoms with van der Waals surface area (Å²) in [5.41, 5.74) is -2.20. The Morgan fingerprint density at radius 3 is 1.09 bits per heavy atom. The van der Waals surface area contributed by atoms with Crippen LogP contribution < -0.4 is 18.9 Å². The van der Waals surface area contributed by atoms with E-state index in [-0.39, 0.29) is 74.3 Å². The van der Waals surface area contributed by atoms with E-state index in [4.69, 9.17) is 28.4 Å². The first-order valence-corrected chi connectivity index (χ1v) is 34.6. The number of aliphatic hydroxyl groups is 2. The third-order valence-corrected chi connectivity index (χ3v) is 20.1. The number of methoxy groups -OCH3 is 2. The number of aldehydes is 1. The van der Waals surface area contributed by atoms with E-state index in [2.05, 4.69) is 212 Å². The normalized spacial score (nSPS) is 13.0. The number of rotatable bonds is 12. The van der Waals surface area contributed by atoms with Crippen molar-refractivity contribution in [1.82, 2.24) is 0 Å². The second-order valence-corrected chi connectivity index (χ2v) is 33.6. The number of ether oxygens (including phenoxy) is 6. The van der Waals surface area contributed by atoms with Crippen LogP contribution in [0.15, 0.2) is 127 Å². The molecule has 0 fully saturated rings. The quantitative estimate of drug-likeness (QED) is 0.0546. The minimum atomic E-state index is -0.922. The first kappa shape index (κ1) is 97.6. The second-order valence-electron chi connectivity index (χ2n) is 25.2. The molecule has 0 aliphatic carbocycles. The molecule has 1 aliphatic rings. The van der Waals surface area contributed by atoms with Crippen LogP contribution in [0.5, 0.6) is 23.0 Å². The van der Waals surface area contributed by atoms with Gasteiger partial charge in [-0.1, -0.05) is 133 Å². The Labute approximate surface area is 631 Å². The van der Waals surface area contributed by atoms with E-state index in [1.165, 1.54) is 11.6 Å². The molecule has 0 amide bonds. The topological polar surface area (TPSA) is 113 Å². The van der Waals surface area contributed by atoms with Crippen LogP contribution in [0, 0.1) is 15.7 Å². The van der Waals surface area contributed by atoms with E-state index in [1.807, 2.05) is 140 Å². The van der Waals surface area contributed by atoms with Gasteiger partial charge < -0.3 is 61.2 Å². The molecule has 0 saturated heterocycles. The first-order chi connectivity index (χ1) is 38.3. The number of hydrogen-bond acceptors (Lipinski definition) is 9. The van der Waals surface area contributed by atoms with E-state index >= 15 is 0 Å². The van der Waals surface area contributed by atoms with Crippen LogP contribution in [0.1, 0.15) is 191 Å². The molecule has 0 unspecified atom stereocenters. The maximum atomic E-state index is 12.5. The zero-order valence-electron chi connectivity index (χ0n) is 54.3. The van der Waals surface area contributed by atoms with E-state index < -0.39 is 28.0 Å². The number of halogens is 10. The van der Waals surface area contributed by atoms with Crippen LogP contribution in [-0.4, -0.2) is 75.5 Å². The third-order valence-electron chi connectivity index (χ3n) is 15.6. The Balaban J connectivity index is -0.000000315. The molecule has 0 spiro atoms. The standard InChI is InChI=1S/C13H18Br2O2.C13H18Br2O.C13H16O2.C12H16Br2O2.C7H16O2.C6H3Br2F.C2H4I.3CH4.V/c1-12(2,16-5)13(3,4)17-11-8-9(14)6-7-10(11)15;1-12(2,3)13(4,5)16-11-8-9(14)6-7-10(11)15;1-12(2)10-6-5-9(8-14)7-11(10)15-13(12,3)4;1-11(2,15)12(3,4)16-10-7-8(13)5-6-9(10)14;1-6(2,8)7(3,4)9-5;7-4-1-2-5(8)6(9)3-4;1-2-3;;;;/h6-8H,1-5H3;6-8H,1-5H3;5-8H,1-4H3;5-7,15H,1-4H3;8H,1-5H3;1-3H;2H,1H3;3*1H4;/q;;;;;;-1;;;;. The van der Waals surface area contributed by atoms with Gasteiger partial charge in [0.1, 0.15) is 63.1 Å². The smallest absolute Gasteiger partial charge is 0.150 e. The van der Waals surface area contributed by atoms with Gasteiger partial charge in [-0.05, 0) is 253 Å². The average molecular weight is 1910 g/mol. The molecule has 9 nitrogen and oxygen atoms in total. The van der Waals surface area contributed by atoms with Gasteiger partial charge in [-0.15, -0.1) is 0 Å². The number of hydrogen-bond donors (Lipinski definition) is 2. The fourth-order valence-corrected chi connectivity index (χ4v) is 8.38. The Bertz CT molecular complexity index is 2820. The van der Waals surface area contributed by atoms with Crippen LogP contribution in [-0.2, 0) is 33.4 Å². The maximum absolute atomic E-state index is 12.5. The molecule has 20 heteroatoms. The molecule has 2 N–H and O–H groups in total. The van der Waals surface area contributed by atoms with Gasteiger partial charge >= 0.3 is 0 Å². The molecule has 0 bridgehead atoms. The molecular weight excluding hydrogens is 1810 g/mol. The van der Waals surface area contributed by atoms with Gasteiger partial charge in [0.2, 0.25) is 0 Å². The summed E-state index contributed by atoms with van der Waals surface area (Å²) in [6, 6.07) is 28.0. The fraction of sp³-hybridized carbons (Fsp3) is 0.536. The van der Waals surface area contributed by atoms with Gasteiger partial charge in [0.15, 0.2) is 0 Å². The van der Waals surface area contributed by atoms with Crippen molar-refractivity contribution in [3.8, 4) is 23.0 Å². The molecule has 509 valence electrons. The summed E-state index contributed by atoms with van der Waals surface area (Å²) in [6.45, 7) is 43.7. The zero-order valence-corrected chi connectivity index (χ0v) is 70.5. The summed E-state index contributed by atoms with van der Waals surface area (Å²) in [6.07, 6.45) is 0.849. The van der Waals surface area contributed by atoms with Crippen molar-refractivity contribution < 1.29 is 66.4 Å². The van der Waals surface area contributed by atoms with Crippen molar-refractivity contribution in [3.63, 3.8) is 0 Å². The van der Waals surface area contributed by atoms with Crippen molar-refractivity contribution in [2.75, 3.05) is 14.2 Å². The predicted octanol–water partition coefficient (Wildman–Crippen LogP) is 25.3. The molecule has 1 radical (unpaired) electrons. The molecule has 0 saturated carbocycles. The van der Waals surface area contributed by atoms with Gasteiger partial charge in [0.25, 0.3) is 0 Å². The molecule has 1 aliphatic heterocycles. The minimum absolute atomic E-state index is 0. The molecule has 5 aromatic carbocycles. The molecule has 1 heterocycles. The summed E-state index contributed by atoms with van der Waals surface area (Å²) >= 11 is 29.0. The van der Waals surface area contributed by atoms with E-state index in [0.29, 0.717) is 15.8 Å². The number of benzene rings is 5. The van der Waals surface area contributed by atoms with Crippen molar-refractivity contribution in [2.24, 2.45) is 5.41 Å². The van der Waals surface area contributed by atoms with E-state index in [9.17, 15) is 19.4 Å². The summed E-state index contributed by atoms with van der Waals surface area (Å²) in [4.78, 5) is 10.7. The van der Waals surface area contributed by atoms with Gasteiger partial charge in [0.05, 0.1) is 34.7 Å². The molecular formula is C69H103Br8FIO9V-. The molecule has 6 rings (SSSR count). The summed E-state index contributed by atoms with van der Waals surface area (Å²) < 4.78 is 55.9.